The van der Waals surface area contributed by atoms with Crippen molar-refractivity contribution in [1.82, 2.24) is 14.9 Å². The zero-order chi connectivity index (χ0) is 26.4. The predicted octanol–water partition coefficient (Wildman–Crippen LogP) is 2.90. The summed E-state index contributed by atoms with van der Waals surface area (Å²) in [6.45, 7) is 1.90. The third-order valence-corrected chi connectivity index (χ3v) is 9.00. The van der Waals surface area contributed by atoms with E-state index in [-0.39, 0.29) is 53.7 Å². The van der Waals surface area contributed by atoms with Crippen LogP contribution in [0.1, 0.15) is 55.8 Å². The molecule has 3 N–H and O–H groups in total. The van der Waals surface area contributed by atoms with Crippen molar-refractivity contribution in [2.45, 2.75) is 62.4 Å². The van der Waals surface area contributed by atoms with Gasteiger partial charge >= 0.3 is 0 Å². The van der Waals surface area contributed by atoms with Gasteiger partial charge in [0.1, 0.15) is 0 Å². The number of benzene rings is 2. The lowest BCUT2D eigenvalue weighted by Gasteiger charge is -2.35. The van der Waals surface area contributed by atoms with Gasteiger partial charge in [-0.05, 0) is 62.1 Å². The number of carbonyl (C=O) groups excluding carboxylic acids is 3. The lowest BCUT2D eigenvalue weighted by atomic mass is 9.88. The normalized spacial score (nSPS) is 21.1. The average molecular weight is 527 g/mol. The van der Waals surface area contributed by atoms with Gasteiger partial charge in [0.05, 0.1) is 4.90 Å². The Kier molecular flexibility index (Phi) is 8.60. The first kappa shape index (κ1) is 26.8. The Labute approximate surface area is 218 Å². The summed E-state index contributed by atoms with van der Waals surface area (Å²) in [5.74, 6) is -0.729. The highest BCUT2D eigenvalue weighted by atomic mass is 32.2. The lowest BCUT2D eigenvalue weighted by molar-refractivity contribution is -0.127. The molecule has 2 aromatic rings. The molecule has 1 saturated heterocycles. The third-order valence-electron chi connectivity index (χ3n) is 7.08. The second-order valence-corrected chi connectivity index (χ2v) is 11.7. The minimum atomic E-state index is -3.69. The van der Waals surface area contributed by atoms with Gasteiger partial charge in [-0.15, -0.1) is 0 Å². The van der Waals surface area contributed by atoms with Gasteiger partial charge in [-0.1, -0.05) is 31.0 Å². The van der Waals surface area contributed by atoms with Crippen molar-refractivity contribution in [2.24, 2.45) is 5.92 Å². The van der Waals surface area contributed by atoms with Crippen LogP contribution >= 0.6 is 0 Å². The first-order valence-electron chi connectivity index (χ1n) is 12.8. The van der Waals surface area contributed by atoms with Crippen LogP contribution in [-0.2, 0) is 19.6 Å². The molecule has 2 aromatic carbocycles. The summed E-state index contributed by atoms with van der Waals surface area (Å²) < 4.78 is 27.6. The Bertz CT molecular complexity index is 1210. The SMILES string of the molecule is CC(=O)Nc1ccc(S(=O)(=O)N2CCC(C(=O)N[C@@H]3CCCC[C@H]3NC(=O)c3ccccc3)CC2)cc1. The van der Waals surface area contributed by atoms with Crippen LogP contribution in [0.3, 0.4) is 0 Å². The molecule has 1 heterocycles. The molecule has 9 nitrogen and oxygen atoms in total. The molecule has 1 aliphatic heterocycles. The van der Waals surface area contributed by atoms with E-state index in [0.717, 1.165) is 25.7 Å². The van der Waals surface area contributed by atoms with E-state index in [1.807, 2.05) is 18.2 Å². The molecule has 10 heteroatoms. The number of amides is 3. The van der Waals surface area contributed by atoms with Gasteiger partial charge in [0.15, 0.2) is 0 Å². The quantitative estimate of drug-likeness (QED) is 0.512. The second-order valence-electron chi connectivity index (χ2n) is 9.73. The standard InChI is InChI=1S/C27H34N4O5S/c1-19(32)28-22-11-13-23(14-12-22)37(35,36)31-17-15-21(16-18-31)27(34)30-25-10-6-5-9-24(25)29-26(33)20-7-3-2-4-8-20/h2-4,7-8,11-14,21,24-25H,5-6,9-10,15-18H2,1H3,(H,28,32)(H,29,33)(H,30,34)/t24-,25-/m1/s1. The van der Waals surface area contributed by atoms with E-state index >= 15 is 0 Å². The van der Waals surface area contributed by atoms with Crippen molar-refractivity contribution >= 4 is 33.4 Å². The molecule has 198 valence electrons. The second kappa shape index (κ2) is 11.9. The van der Waals surface area contributed by atoms with Gasteiger partial charge in [-0.25, -0.2) is 8.42 Å². The molecular weight excluding hydrogens is 492 g/mol. The molecule has 2 aliphatic rings. The third kappa shape index (κ3) is 6.75. The van der Waals surface area contributed by atoms with Crippen LogP contribution in [0.25, 0.3) is 0 Å². The fourth-order valence-electron chi connectivity index (χ4n) is 5.04. The van der Waals surface area contributed by atoms with Gasteiger partial charge in [-0.2, -0.15) is 4.31 Å². The van der Waals surface area contributed by atoms with E-state index in [4.69, 9.17) is 0 Å². The maximum absolute atomic E-state index is 13.1. The molecule has 0 aromatic heterocycles. The number of anilines is 1. The Hall–Kier alpha value is -3.24. The van der Waals surface area contributed by atoms with Crippen LogP contribution in [0.2, 0.25) is 0 Å². The van der Waals surface area contributed by atoms with E-state index in [2.05, 4.69) is 16.0 Å². The smallest absolute Gasteiger partial charge is 0.251 e. The minimum absolute atomic E-state index is 0.0810. The predicted molar refractivity (Wildman–Crippen MR) is 140 cm³/mol. The van der Waals surface area contributed by atoms with Gasteiger partial charge in [0.25, 0.3) is 5.91 Å². The van der Waals surface area contributed by atoms with E-state index in [1.165, 1.54) is 23.4 Å². The highest BCUT2D eigenvalue weighted by Gasteiger charge is 2.34. The van der Waals surface area contributed by atoms with Gasteiger partial charge < -0.3 is 16.0 Å². The zero-order valence-electron chi connectivity index (χ0n) is 21.0. The number of hydrogen-bond donors (Lipinski definition) is 3. The van der Waals surface area contributed by atoms with Crippen molar-refractivity contribution in [3.05, 3.63) is 60.2 Å². The molecule has 37 heavy (non-hydrogen) atoms. The fourth-order valence-corrected chi connectivity index (χ4v) is 6.51. The summed E-state index contributed by atoms with van der Waals surface area (Å²) in [7, 11) is -3.69. The summed E-state index contributed by atoms with van der Waals surface area (Å²) in [6, 6.07) is 14.8. The summed E-state index contributed by atoms with van der Waals surface area (Å²) in [4.78, 5) is 37.1. The Morgan fingerprint density at radius 2 is 1.41 bits per heavy atom. The largest absolute Gasteiger partial charge is 0.351 e. The van der Waals surface area contributed by atoms with Gasteiger partial charge in [0.2, 0.25) is 21.8 Å². The first-order chi connectivity index (χ1) is 17.7. The van der Waals surface area contributed by atoms with Crippen LogP contribution in [0.5, 0.6) is 0 Å². The van der Waals surface area contributed by atoms with E-state index < -0.39 is 10.0 Å². The van der Waals surface area contributed by atoms with Crippen molar-refractivity contribution in [3.63, 3.8) is 0 Å². The van der Waals surface area contributed by atoms with Crippen molar-refractivity contribution < 1.29 is 22.8 Å². The number of hydrogen-bond acceptors (Lipinski definition) is 5. The maximum atomic E-state index is 13.1. The van der Waals surface area contributed by atoms with Gasteiger partial charge in [-0.3, -0.25) is 14.4 Å². The number of carbonyl (C=O) groups is 3. The Morgan fingerprint density at radius 3 is 2.00 bits per heavy atom. The first-order valence-corrected chi connectivity index (χ1v) is 14.2. The molecule has 4 rings (SSSR count). The Morgan fingerprint density at radius 1 is 0.811 bits per heavy atom. The number of sulfonamides is 1. The summed E-state index contributed by atoms with van der Waals surface area (Å²) in [5.41, 5.74) is 1.12. The molecular formula is C27H34N4O5S. The van der Waals surface area contributed by atoms with Crippen LogP contribution in [-0.4, -0.2) is 55.6 Å². The molecule has 2 fully saturated rings. The fraction of sp³-hybridized carbons (Fsp3) is 0.444. The number of nitrogens with zero attached hydrogens (tertiary/aromatic N) is 1. The highest BCUT2D eigenvalue weighted by Crippen LogP contribution is 2.26. The summed E-state index contributed by atoms with van der Waals surface area (Å²) in [6.07, 6.45) is 4.45. The molecule has 0 bridgehead atoms. The average Bonchev–Trinajstić information content (AvgIpc) is 2.90. The molecule has 0 radical (unpaired) electrons. The van der Waals surface area contributed by atoms with E-state index in [9.17, 15) is 22.8 Å². The van der Waals surface area contributed by atoms with Crippen LogP contribution in [0.15, 0.2) is 59.5 Å². The molecule has 1 aliphatic carbocycles. The summed E-state index contributed by atoms with van der Waals surface area (Å²) in [5, 5.41) is 8.86. The van der Waals surface area contributed by atoms with Crippen LogP contribution < -0.4 is 16.0 Å². The maximum Gasteiger partial charge on any atom is 0.251 e. The number of rotatable bonds is 7. The molecule has 0 spiro atoms. The molecule has 2 atom stereocenters. The van der Waals surface area contributed by atoms with Crippen molar-refractivity contribution in [1.29, 1.82) is 0 Å². The Balaban J connectivity index is 1.31. The van der Waals surface area contributed by atoms with Crippen LogP contribution in [0, 0.1) is 5.92 Å². The lowest BCUT2D eigenvalue weighted by Crippen LogP contribution is -2.55. The zero-order valence-corrected chi connectivity index (χ0v) is 21.8. The molecule has 0 unspecified atom stereocenters. The number of piperidine rings is 1. The molecule has 1 saturated carbocycles. The van der Waals surface area contributed by atoms with Gasteiger partial charge in [0, 0.05) is 49.3 Å². The van der Waals surface area contributed by atoms with Crippen molar-refractivity contribution in [3.8, 4) is 0 Å². The van der Waals surface area contributed by atoms with E-state index in [1.54, 1.807) is 24.3 Å². The summed E-state index contributed by atoms with van der Waals surface area (Å²) >= 11 is 0. The van der Waals surface area contributed by atoms with Crippen molar-refractivity contribution in [2.75, 3.05) is 18.4 Å². The monoisotopic (exact) mass is 526 g/mol. The molecule has 3 amide bonds. The number of nitrogens with one attached hydrogen (secondary N) is 3. The van der Waals surface area contributed by atoms with E-state index in [0.29, 0.717) is 24.1 Å². The highest BCUT2D eigenvalue weighted by molar-refractivity contribution is 7.89. The topological polar surface area (TPSA) is 125 Å². The minimum Gasteiger partial charge on any atom is -0.351 e. The van der Waals surface area contributed by atoms with Crippen LogP contribution in [0.4, 0.5) is 5.69 Å².